The highest BCUT2D eigenvalue weighted by molar-refractivity contribution is 14.0. The minimum Gasteiger partial charge on any atom is -0.393 e. The zero-order valence-corrected chi connectivity index (χ0v) is 18.3. The van der Waals surface area contributed by atoms with Gasteiger partial charge in [-0.1, -0.05) is 0 Å². The van der Waals surface area contributed by atoms with Gasteiger partial charge in [0.05, 0.1) is 6.10 Å². The Hall–Kier alpha value is 0.270. The largest absolute Gasteiger partial charge is 0.393 e. The summed E-state index contributed by atoms with van der Waals surface area (Å²) in [5.41, 5.74) is 0. The second-order valence-corrected chi connectivity index (χ2v) is 7.84. The molecular weight excluding hydrogens is 435 g/mol. The van der Waals surface area contributed by atoms with Gasteiger partial charge in [-0.05, 0) is 58.2 Å². The Morgan fingerprint density at radius 2 is 2.00 bits per heavy atom. The van der Waals surface area contributed by atoms with Crippen molar-refractivity contribution in [2.24, 2.45) is 4.99 Å². The Kier molecular flexibility index (Phi) is 11.7. The molecule has 2 atom stereocenters. The van der Waals surface area contributed by atoms with Crippen LogP contribution < -0.4 is 10.6 Å². The smallest absolute Gasteiger partial charge is 0.191 e. The van der Waals surface area contributed by atoms with Gasteiger partial charge < -0.3 is 20.6 Å². The Morgan fingerprint density at radius 3 is 2.62 bits per heavy atom. The summed E-state index contributed by atoms with van der Waals surface area (Å²) in [6.45, 7) is 7.05. The summed E-state index contributed by atoms with van der Waals surface area (Å²) in [6, 6.07) is 0.578. The predicted octanol–water partition coefficient (Wildman–Crippen LogP) is 2.29. The molecule has 0 radical (unpaired) electrons. The average Bonchev–Trinajstić information content (AvgIpc) is 3.01. The molecule has 2 rings (SSSR count). The van der Waals surface area contributed by atoms with Crippen LogP contribution in [0.25, 0.3) is 0 Å². The van der Waals surface area contributed by atoms with Crippen LogP contribution in [0.3, 0.4) is 0 Å². The molecule has 24 heavy (non-hydrogen) atoms. The Morgan fingerprint density at radius 1 is 1.25 bits per heavy atom. The van der Waals surface area contributed by atoms with Crippen molar-refractivity contribution >= 4 is 41.7 Å². The first-order valence-corrected chi connectivity index (χ1v) is 10.5. The molecule has 0 aromatic heterocycles. The quantitative estimate of drug-likeness (QED) is 0.231. The molecule has 142 valence electrons. The zero-order chi connectivity index (χ0) is 16.5. The van der Waals surface area contributed by atoms with Crippen LogP contribution in [0.15, 0.2) is 4.99 Å². The lowest BCUT2D eigenvalue weighted by molar-refractivity contribution is 0.0824. The summed E-state index contributed by atoms with van der Waals surface area (Å²) < 4.78 is 0. The third-order valence-electron chi connectivity index (χ3n) is 4.86. The van der Waals surface area contributed by atoms with E-state index in [9.17, 15) is 5.11 Å². The SMILES string of the molecule is CCNC(=NCCCN1CCC(O)CC1)NC1CCC(SC)C1.I. The number of halogens is 1. The number of nitrogens with zero attached hydrogens (tertiary/aromatic N) is 2. The minimum absolute atomic E-state index is 0. The number of rotatable bonds is 7. The molecule has 2 aliphatic rings. The van der Waals surface area contributed by atoms with E-state index in [1.165, 1.54) is 19.3 Å². The van der Waals surface area contributed by atoms with Crippen LogP contribution in [0.5, 0.6) is 0 Å². The maximum atomic E-state index is 9.54. The fraction of sp³-hybridized carbons (Fsp3) is 0.941. The van der Waals surface area contributed by atoms with Crippen LogP contribution in [-0.2, 0) is 0 Å². The molecule has 1 heterocycles. The molecule has 0 bridgehead atoms. The van der Waals surface area contributed by atoms with Crippen LogP contribution in [0.2, 0.25) is 0 Å². The van der Waals surface area contributed by atoms with Gasteiger partial charge in [-0.15, -0.1) is 24.0 Å². The Labute approximate surface area is 168 Å². The van der Waals surface area contributed by atoms with E-state index < -0.39 is 0 Å². The zero-order valence-electron chi connectivity index (χ0n) is 15.2. The number of hydrogen-bond donors (Lipinski definition) is 3. The lowest BCUT2D eigenvalue weighted by Gasteiger charge is -2.29. The van der Waals surface area contributed by atoms with E-state index in [0.717, 1.165) is 63.2 Å². The highest BCUT2D eigenvalue weighted by atomic mass is 127. The van der Waals surface area contributed by atoms with Crippen molar-refractivity contribution in [3.8, 4) is 0 Å². The van der Waals surface area contributed by atoms with Gasteiger partial charge in [0.15, 0.2) is 5.96 Å². The van der Waals surface area contributed by atoms with Crippen LogP contribution in [0, 0.1) is 0 Å². The van der Waals surface area contributed by atoms with E-state index in [-0.39, 0.29) is 30.1 Å². The molecular formula is C17H35IN4OS. The Bertz CT molecular complexity index is 364. The normalized spacial score (nSPS) is 26.2. The van der Waals surface area contributed by atoms with E-state index >= 15 is 0 Å². The number of likely N-dealkylation sites (tertiary alicyclic amines) is 1. The molecule has 0 amide bonds. The van der Waals surface area contributed by atoms with Crippen molar-refractivity contribution in [2.75, 3.05) is 39.0 Å². The maximum absolute atomic E-state index is 9.54. The number of aliphatic hydroxyl groups excluding tert-OH is 1. The molecule has 1 aliphatic carbocycles. The lowest BCUT2D eigenvalue weighted by atomic mass is 10.1. The van der Waals surface area contributed by atoms with Gasteiger partial charge in [-0.2, -0.15) is 11.8 Å². The summed E-state index contributed by atoms with van der Waals surface area (Å²) >= 11 is 1.99. The lowest BCUT2D eigenvalue weighted by Crippen LogP contribution is -2.42. The van der Waals surface area contributed by atoms with Gasteiger partial charge in [0, 0.05) is 37.5 Å². The third-order valence-corrected chi connectivity index (χ3v) is 5.96. The van der Waals surface area contributed by atoms with Crippen molar-refractivity contribution in [2.45, 2.75) is 62.8 Å². The van der Waals surface area contributed by atoms with Gasteiger partial charge in [0.2, 0.25) is 0 Å². The summed E-state index contributed by atoms with van der Waals surface area (Å²) in [4.78, 5) is 7.19. The number of thioether (sulfide) groups is 1. The summed E-state index contributed by atoms with van der Waals surface area (Å²) in [7, 11) is 0. The minimum atomic E-state index is -0.0784. The standard InChI is InChI=1S/C17H34N4OS.HI/c1-3-18-17(20-14-5-6-16(13-14)23-2)19-9-4-10-21-11-7-15(22)8-12-21;/h14-16,22H,3-13H2,1-2H3,(H2,18,19,20);1H. The van der Waals surface area contributed by atoms with E-state index in [1.54, 1.807) is 0 Å². The van der Waals surface area contributed by atoms with Crippen molar-refractivity contribution in [3.63, 3.8) is 0 Å². The summed E-state index contributed by atoms with van der Waals surface area (Å²) in [5, 5.41) is 17.3. The van der Waals surface area contributed by atoms with E-state index in [0.29, 0.717) is 6.04 Å². The maximum Gasteiger partial charge on any atom is 0.191 e. The highest BCUT2D eigenvalue weighted by Gasteiger charge is 2.24. The van der Waals surface area contributed by atoms with Gasteiger partial charge >= 0.3 is 0 Å². The van der Waals surface area contributed by atoms with Gasteiger partial charge in [0.1, 0.15) is 0 Å². The van der Waals surface area contributed by atoms with Crippen LogP contribution in [0.4, 0.5) is 0 Å². The number of guanidine groups is 1. The summed E-state index contributed by atoms with van der Waals surface area (Å²) in [5.74, 6) is 0.980. The molecule has 1 saturated carbocycles. The average molecular weight is 470 g/mol. The number of aliphatic imine (C=N–C) groups is 1. The predicted molar refractivity (Wildman–Crippen MR) is 116 cm³/mol. The molecule has 0 aromatic rings. The van der Waals surface area contributed by atoms with Crippen molar-refractivity contribution < 1.29 is 5.11 Å². The first kappa shape index (κ1) is 22.3. The molecule has 7 heteroatoms. The number of aliphatic hydroxyl groups is 1. The molecule has 5 nitrogen and oxygen atoms in total. The third kappa shape index (κ3) is 8.10. The summed E-state index contributed by atoms with van der Waals surface area (Å²) in [6.07, 6.45) is 8.89. The van der Waals surface area contributed by atoms with E-state index in [4.69, 9.17) is 4.99 Å². The van der Waals surface area contributed by atoms with Crippen LogP contribution in [0.1, 0.15) is 45.4 Å². The second kappa shape index (κ2) is 12.6. The van der Waals surface area contributed by atoms with Crippen LogP contribution >= 0.6 is 35.7 Å². The fourth-order valence-corrected chi connectivity index (χ4v) is 4.22. The molecule has 1 saturated heterocycles. The Balaban J connectivity index is 0.00000288. The molecule has 2 fully saturated rings. The van der Waals surface area contributed by atoms with Crippen molar-refractivity contribution in [1.82, 2.24) is 15.5 Å². The molecule has 0 aromatic carbocycles. The second-order valence-electron chi connectivity index (χ2n) is 6.70. The van der Waals surface area contributed by atoms with E-state index in [1.807, 2.05) is 11.8 Å². The van der Waals surface area contributed by atoms with Crippen LogP contribution in [-0.4, -0.2) is 72.3 Å². The highest BCUT2D eigenvalue weighted by Crippen LogP contribution is 2.27. The molecule has 2 unspecified atom stereocenters. The van der Waals surface area contributed by atoms with Gasteiger partial charge in [-0.3, -0.25) is 4.99 Å². The molecule has 3 N–H and O–H groups in total. The van der Waals surface area contributed by atoms with Crippen molar-refractivity contribution in [3.05, 3.63) is 0 Å². The number of nitrogens with one attached hydrogen (secondary N) is 2. The monoisotopic (exact) mass is 470 g/mol. The van der Waals surface area contributed by atoms with Gasteiger partial charge in [0.25, 0.3) is 0 Å². The fourth-order valence-electron chi connectivity index (χ4n) is 3.43. The number of piperidine rings is 1. The van der Waals surface area contributed by atoms with E-state index in [2.05, 4.69) is 28.7 Å². The first-order chi connectivity index (χ1) is 11.2. The molecule has 0 spiro atoms. The first-order valence-electron chi connectivity index (χ1n) is 9.19. The topological polar surface area (TPSA) is 59.9 Å². The van der Waals surface area contributed by atoms with Gasteiger partial charge in [-0.25, -0.2) is 0 Å². The number of hydrogen-bond acceptors (Lipinski definition) is 4. The molecule has 1 aliphatic heterocycles. The van der Waals surface area contributed by atoms with Crippen molar-refractivity contribution in [1.29, 1.82) is 0 Å².